The summed E-state index contributed by atoms with van der Waals surface area (Å²) in [5, 5.41) is 2.95. The summed E-state index contributed by atoms with van der Waals surface area (Å²) < 4.78 is 5.94. The molecular weight excluding hydrogens is 273 g/mol. The summed E-state index contributed by atoms with van der Waals surface area (Å²) in [5.41, 5.74) is 2.02. The van der Waals surface area contributed by atoms with E-state index in [1.165, 1.54) is 0 Å². The highest BCUT2D eigenvalue weighted by Gasteiger charge is 2.22. The van der Waals surface area contributed by atoms with Gasteiger partial charge in [-0.1, -0.05) is 61.3 Å². The molecule has 0 aromatic heterocycles. The highest BCUT2D eigenvalue weighted by atomic mass is 16.5. The molecule has 0 aliphatic rings. The maximum absolute atomic E-state index is 12.5. The van der Waals surface area contributed by atoms with Crippen LogP contribution in [0, 0.1) is 0 Å². The largest absolute Gasteiger partial charge is 0.476 e. The van der Waals surface area contributed by atoms with Crippen molar-refractivity contribution in [2.24, 2.45) is 0 Å². The van der Waals surface area contributed by atoms with Crippen LogP contribution in [0.1, 0.15) is 31.4 Å². The van der Waals surface area contributed by atoms with Crippen LogP contribution in [0.2, 0.25) is 0 Å². The van der Waals surface area contributed by atoms with Gasteiger partial charge in [0.25, 0.3) is 5.91 Å². The summed E-state index contributed by atoms with van der Waals surface area (Å²) >= 11 is 0. The fourth-order valence-electron chi connectivity index (χ4n) is 2.13. The number of carbonyl (C=O) groups excluding carboxylic acids is 1. The Morgan fingerprint density at radius 3 is 2.45 bits per heavy atom. The number of rotatable bonds is 7. The second-order valence-corrected chi connectivity index (χ2v) is 5.37. The molecule has 0 fully saturated rings. The van der Waals surface area contributed by atoms with Gasteiger partial charge in [-0.2, -0.15) is 0 Å². The molecule has 0 aliphatic carbocycles. The summed E-state index contributed by atoms with van der Waals surface area (Å²) in [7, 11) is 2.02. The zero-order valence-corrected chi connectivity index (χ0v) is 13.2. The van der Waals surface area contributed by atoms with Crippen LogP contribution in [0.3, 0.4) is 0 Å². The number of hydrogen-bond donors (Lipinski definition) is 1. The minimum atomic E-state index is -0.624. The van der Waals surface area contributed by atoms with E-state index in [4.69, 9.17) is 4.74 Å². The van der Waals surface area contributed by atoms with Crippen molar-refractivity contribution in [3.8, 4) is 5.75 Å². The molecule has 0 aliphatic heterocycles. The SMILES string of the molecule is Bc1ccc(OC(C(=O)NCCCC)c2ccccc2)cc1. The molecule has 4 heteroatoms. The lowest BCUT2D eigenvalue weighted by molar-refractivity contribution is -0.128. The molecule has 1 atom stereocenters. The van der Waals surface area contributed by atoms with E-state index in [1.807, 2.05) is 62.4 Å². The highest BCUT2D eigenvalue weighted by Crippen LogP contribution is 2.21. The number of nitrogens with one attached hydrogen (secondary N) is 1. The van der Waals surface area contributed by atoms with E-state index in [0.717, 1.165) is 23.9 Å². The molecule has 22 heavy (non-hydrogen) atoms. The van der Waals surface area contributed by atoms with Gasteiger partial charge in [-0.25, -0.2) is 0 Å². The Labute approximate surface area is 133 Å². The molecule has 0 spiro atoms. The highest BCUT2D eigenvalue weighted by molar-refractivity contribution is 6.32. The molecule has 3 nitrogen and oxygen atoms in total. The standard InChI is InChI=1S/C18H22BNO2/c1-2-3-13-20-18(21)17(14-7-5-4-6-8-14)22-16-11-9-15(19)10-12-16/h4-12,17H,2-3,13,19H2,1H3,(H,20,21). The Bertz CT molecular complexity index is 584. The summed E-state index contributed by atoms with van der Waals surface area (Å²) in [4.78, 5) is 12.5. The first-order valence-electron chi connectivity index (χ1n) is 7.76. The Morgan fingerprint density at radius 1 is 1.14 bits per heavy atom. The second-order valence-electron chi connectivity index (χ2n) is 5.37. The number of ether oxygens (including phenoxy) is 1. The molecule has 1 N–H and O–H groups in total. The Hall–Kier alpha value is -2.23. The number of hydrogen-bond acceptors (Lipinski definition) is 2. The van der Waals surface area contributed by atoms with Crippen molar-refractivity contribution in [1.82, 2.24) is 5.32 Å². The van der Waals surface area contributed by atoms with E-state index in [-0.39, 0.29) is 5.91 Å². The van der Waals surface area contributed by atoms with Crippen LogP contribution in [0.5, 0.6) is 5.75 Å². The van der Waals surface area contributed by atoms with Crippen LogP contribution in [0.15, 0.2) is 54.6 Å². The quantitative estimate of drug-likeness (QED) is 0.626. The summed E-state index contributed by atoms with van der Waals surface area (Å²) in [6, 6.07) is 17.3. The first-order valence-corrected chi connectivity index (χ1v) is 7.76. The van der Waals surface area contributed by atoms with Gasteiger partial charge in [-0.05, 0) is 18.6 Å². The molecule has 114 valence electrons. The maximum atomic E-state index is 12.5. The van der Waals surface area contributed by atoms with E-state index in [9.17, 15) is 4.79 Å². The fourth-order valence-corrected chi connectivity index (χ4v) is 2.13. The van der Waals surface area contributed by atoms with E-state index in [0.29, 0.717) is 12.3 Å². The normalized spacial score (nSPS) is 11.7. The van der Waals surface area contributed by atoms with Gasteiger partial charge >= 0.3 is 0 Å². The van der Waals surface area contributed by atoms with Crippen molar-refractivity contribution in [3.63, 3.8) is 0 Å². The third kappa shape index (κ3) is 4.66. The van der Waals surface area contributed by atoms with Gasteiger partial charge < -0.3 is 10.1 Å². The van der Waals surface area contributed by atoms with Gasteiger partial charge in [0.15, 0.2) is 0 Å². The first kappa shape index (κ1) is 16.2. The second kappa shape index (κ2) is 8.27. The van der Waals surface area contributed by atoms with Crippen molar-refractivity contribution >= 4 is 19.2 Å². The van der Waals surface area contributed by atoms with Crippen molar-refractivity contribution in [2.45, 2.75) is 25.9 Å². The Balaban J connectivity index is 2.14. The van der Waals surface area contributed by atoms with Gasteiger partial charge in [0.05, 0.1) is 0 Å². The molecular formula is C18H22BNO2. The van der Waals surface area contributed by atoms with Crippen LogP contribution in [-0.2, 0) is 4.79 Å². The molecule has 1 unspecified atom stereocenters. The van der Waals surface area contributed by atoms with E-state index in [1.54, 1.807) is 0 Å². The summed E-state index contributed by atoms with van der Waals surface area (Å²) in [6.07, 6.45) is 1.40. The number of benzene rings is 2. The van der Waals surface area contributed by atoms with E-state index < -0.39 is 6.10 Å². The third-order valence-corrected chi connectivity index (χ3v) is 3.44. The van der Waals surface area contributed by atoms with Crippen LogP contribution < -0.4 is 15.5 Å². The Morgan fingerprint density at radius 2 is 1.82 bits per heavy atom. The van der Waals surface area contributed by atoms with Gasteiger partial charge in [-0.15, -0.1) is 0 Å². The zero-order chi connectivity index (χ0) is 15.8. The van der Waals surface area contributed by atoms with Crippen molar-refractivity contribution in [3.05, 3.63) is 60.2 Å². The third-order valence-electron chi connectivity index (χ3n) is 3.44. The lowest BCUT2D eigenvalue weighted by Gasteiger charge is -2.19. The van der Waals surface area contributed by atoms with Gasteiger partial charge in [0, 0.05) is 12.1 Å². The fraction of sp³-hybridized carbons (Fsp3) is 0.278. The molecule has 2 aromatic rings. The predicted octanol–water partition coefficient (Wildman–Crippen LogP) is 1.98. The summed E-state index contributed by atoms with van der Waals surface area (Å²) in [5.74, 6) is 0.602. The predicted molar refractivity (Wildman–Crippen MR) is 92.3 cm³/mol. The number of carbonyl (C=O) groups is 1. The minimum Gasteiger partial charge on any atom is -0.476 e. The molecule has 2 aromatic carbocycles. The molecule has 1 amide bonds. The minimum absolute atomic E-state index is 0.0970. The molecule has 0 radical (unpaired) electrons. The molecule has 0 bridgehead atoms. The number of unbranched alkanes of at least 4 members (excludes halogenated alkanes) is 1. The average Bonchev–Trinajstić information content (AvgIpc) is 2.55. The molecule has 2 rings (SSSR count). The smallest absolute Gasteiger partial charge is 0.265 e. The first-order chi connectivity index (χ1) is 10.7. The zero-order valence-electron chi connectivity index (χ0n) is 13.2. The summed E-state index contributed by atoms with van der Waals surface area (Å²) in [6.45, 7) is 2.78. The van der Waals surface area contributed by atoms with E-state index >= 15 is 0 Å². The van der Waals surface area contributed by atoms with Crippen molar-refractivity contribution in [1.29, 1.82) is 0 Å². The van der Waals surface area contributed by atoms with Crippen LogP contribution >= 0.6 is 0 Å². The lowest BCUT2D eigenvalue weighted by Crippen LogP contribution is -2.33. The molecule has 0 heterocycles. The molecule has 0 saturated carbocycles. The van der Waals surface area contributed by atoms with Gasteiger partial charge in [0.2, 0.25) is 6.10 Å². The van der Waals surface area contributed by atoms with E-state index in [2.05, 4.69) is 12.2 Å². The van der Waals surface area contributed by atoms with Crippen molar-refractivity contribution < 1.29 is 9.53 Å². The van der Waals surface area contributed by atoms with Gasteiger partial charge in [0.1, 0.15) is 13.6 Å². The van der Waals surface area contributed by atoms with Gasteiger partial charge in [-0.3, -0.25) is 4.79 Å². The number of amides is 1. The van der Waals surface area contributed by atoms with Crippen LogP contribution in [0.4, 0.5) is 0 Å². The maximum Gasteiger partial charge on any atom is 0.265 e. The lowest BCUT2D eigenvalue weighted by atomic mass is 9.97. The Kier molecular flexibility index (Phi) is 6.07. The monoisotopic (exact) mass is 295 g/mol. The molecule has 0 saturated heterocycles. The topological polar surface area (TPSA) is 38.3 Å². The van der Waals surface area contributed by atoms with Crippen LogP contribution in [0.25, 0.3) is 0 Å². The average molecular weight is 295 g/mol. The van der Waals surface area contributed by atoms with Crippen LogP contribution in [-0.4, -0.2) is 20.3 Å². The van der Waals surface area contributed by atoms with Crippen molar-refractivity contribution in [2.75, 3.05) is 6.54 Å².